The minimum atomic E-state index is -0.498. The van der Waals surface area contributed by atoms with Gasteiger partial charge >= 0.3 is 0 Å². The zero-order valence-electron chi connectivity index (χ0n) is 35.3. The largest absolute Gasteiger partial charge is 0.341 e. The first-order chi connectivity index (χ1) is 31.2. The molecule has 0 saturated carbocycles. The molecular weight excluding hydrogens is 761 g/mol. The molecule has 63 heavy (non-hydrogen) atoms. The van der Waals surface area contributed by atoms with Gasteiger partial charge in [0.15, 0.2) is 0 Å². The molecule has 0 atom stereocenters. The van der Waals surface area contributed by atoms with Gasteiger partial charge in [-0.2, -0.15) is 0 Å². The Labute approximate surface area is 369 Å². The maximum atomic E-state index is 2.55. The average molecular weight is 807 g/mol. The van der Waals surface area contributed by atoms with E-state index in [9.17, 15) is 0 Å². The van der Waals surface area contributed by atoms with E-state index in [0.29, 0.717) is 0 Å². The Morgan fingerprint density at radius 1 is 0.413 bits per heavy atom. The minimum Gasteiger partial charge on any atom is -0.341 e. The van der Waals surface area contributed by atoms with E-state index in [1.165, 1.54) is 111 Å². The molecule has 2 heterocycles. The summed E-state index contributed by atoms with van der Waals surface area (Å²) in [6.07, 6.45) is 9.25. The number of hydrogen-bond acceptors (Lipinski definition) is 2. The van der Waals surface area contributed by atoms with Crippen molar-refractivity contribution >= 4 is 67.2 Å². The molecule has 0 aromatic heterocycles. The molecule has 2 nitrogen and oxygen atoms in total. The summed E-state index contributed by atoms with van der Waals surface area (Å²) in [4.78, 5) is 5.09. The predicted molar refractivity (Wildman–Crippen MR) is 266 cm³/mol. The summed E-state index contributed by atoms with van der Waals surface area (Å²) in [7, 11) is 0. The molecule has 13 rings (SSSR count). The Bertz CT molecular complexity index is 3380. The lowest BCUT2D eigenvalue weighted by molar-refractivity contribution is 0.756. The molecule has 10 aromatic rings. The van der Waals surface area contributed by atoms with Crippen LogP contribution in [0.2, 0.25) is 0 Å². The van der Waals surface area contributed by atoms with Gasteiger partial charge < -0.3 is 9.80 Å². The number of nitrogens with zero attached hydrogens (tertiary/aromatic N) is 2. The third-order valence-corrected chi connectivity index (χ3v) is 14.5. The van der Waals surface area contributed by atoms with Crippen molar-refractivity contribution in [2.45, 2.75) is 31.1 Å². The zero-order valence-corrected chi connectivity index (χ0v) is 35.3. The molecule has 10 aromatic carbocycles. The summed E-state index contributed by atoms with van der Waals surface area (Å²) in [6, 6.07) is 73.4. The molecular formula is C61H46N2. The molecule has 0 bridgehead atoms. The van der Waals surface area contributed by atoms with Crippen LogP contribution in [0.1, 0.15) is 57.3 Å². The van der Waals surface area contributed by atoms with Gasteiger partial charge in [0.25, 0.3) is 0 Å². The number of para-hydroxylation sites is 2. The number of benzene rings is 10. The molecule has 0 N–H and O–H groups in total. The normalized spacial score (nSPS) is 15.2. The van der Waals surface area contributed by atoms with E-state index in [0.717, 1.165) is 38.8 Å². The molecule has 0 radical (unpaired) electrons. The second kappa shape index (κ2) is 14.3. The lowest BCUT2D eigenvalue weighted by atomic mass is 9.67. The van der Waals surface area contributed by atoms with Crippen molar-refractivity contribution in [3.8, 4) is 11.1 Å². The van der Waals surface area contributed by atoms with Gasteiger partial charge in [-0.1, -0.05) is 170 Å². The van der Waals surface area contributed by atoms with E-state index in [1.807, 2.05) is 0 Å². The van der Waals surface area contributed by atoms with Crippen molar-refractivity contribution in [2.75, 3.05) is 22.9 Å². The van der Waals surface area contributed by atoms with Crippen molar-refractivity contribution in [2.24, 2.45) is 0 Å². The van der Waals surface area contributed by atoms with Gasteiger partial charge in [-0.05, 0) is 145 Å². The number of fused-ring (bicyclic) bond motifs is 5. The van der Waals surface area contributed by atoms with Crippen LogP contribution in [0.25, 0.3) is 55.6 Å². The third kappa shape index (κ3) is 5.50. The Balaban J connectivity index is 0.953. The van der Waals surface area contributed by atoms with Gasteiger partial charge in [-0.3, -0.25) is 0 Å². The fourth-order valence-electron chi connectivity index (χ4n) is 11.7. The Kier molecular flexibility index (Phi) is 8.24. The summed E-state index contributed by atoms with van der Waals surface area (Å²) < 4.78 is 0. The molecule has 3 aliphatic rings. The van der Waals surface area contributed by atoms with Gasteiger partial charge in [-0.25, -0.2) is 0 Å². The van der Waals surface area contributed by atoms with Gasteiger partial charge in [0.05, 0.1) is 5.41 Å². The topological polar surface area (TPSA) is 6.48 Å². The molecule has 1 aliphatic carbocycles. The maximum Gasteiger partial charge on any atom is 0.0714 e. The van der Waals surface area contributed by atoms with Gasteiger partial charge in [0.2, 0.25) is 0 Å². The van der Waals surface area contributed by atoms with Crippen LogP contribution in [-0.2, 0) is 18.3 Å². The summed E-state index contributed by atoms with van der Waals surface area (Å²) in [5.41, 5.74) is 17.9. The highest BCUT2D eigenvalue weighted by atomic mass is 15.1. The lowest BCUT2D eigenvalue weighted by Gasteiger charge is -2.36. The lowest BCUT2D eigenvalue weighted by Crippen LogP contribution is -2.29. The van der Waals surface area contributed by atoms with Crippen LogP contribution in [0.15, 0.2) is 194 Å². The summed E-state index contributed by atoms with van der Waals surface area (Å²) in [6.45, 7) is 2.04. The van der Waals surface area contributed by atoms with E-state index in [-0.39, 0.29) is 0 Å². The summed E-state index contributed by atoms with van der Waals surface area (Å²) in [5.74, 6) is 0. The molecule has 0 amide bonds. The van der Waals surface area contributed by atoms with Crippen LogP contribution < -0.4 is 9.80 Å². The molecule has 0 unspecified atom stereocenters. The Morgan fingerprint density at radius 2 is 0.968 bits per heavy atom. The highest BCUT2D eigenvalue weighted by molar-refractivity contribution is 6.26. The van der Waals surface area contributed by atoms with Crippen LogP contribution in [-0.4, -0.2) is 13.1 Å². The highest BCUT2D eigenvalue weighted by Crippen LogP contribution is 2.57. The number of anilines is 4. The van der Waals surface area contributed by atoms with Crippen LogP contribution in [0, 0.1) is 0 Å². The third-order valence-electron chi connectivity index (χ3n) is 14.5. The van der Waals surface area contributed by atoms with Crippen LogP contribution >= 0.6 is 0 Å². The fourth-order valence-corrected chi connectivity index (χ4v) is 11.7. The first-order valence-electron chi connectivity index (χ1n) is 22.7. The van der Waals surface area contributed by atoms with Gasteiger partial charge in [0.1, 0.15) is 0 Å². The SMILES string of the molecule is C(=C\c1ccc2ccc3c(N4CCCc5ccccc54)ccc4ccc1c2c43)/c1ccc2c(c1)C(c1ccccc1)(c1ccccc1)c1cc(N3CCCc4ccccc43)ccc1-2. The molecule has 0 spiro atoms. The number of hydrogen-bond donors (Lipinski definition) is 0. The van der Waals surface area contributed by atoms with Crippen molar-refractivity contribution < 1.29 is 0 Å². The Morgan fingerprint density at radius 3 is 1.68 bits per heavy atom. The standard InChI is InChI=1S/C61H46N2/c1-3-17-47(18-4-1)61(48-19-5-2-6-20-48)54-39-41(24-32-51(54)52-35-31-49(40-55(52)61)62-37-11-15-43-13-7-9-21-56(43)62)23-25-42-26-27-45-29-34-53-58(36-30-46-28-33-50(42)59(45)60(46)53)63-38-12-16-44-14-8-10-22-57(44)63/h1-10,13-14,17-36,39-40H,11-12,15-16,37-38H2/b25-23+. The number of rotatable bonds is 6. The summed E-state index contributed by atoms with van der Waals surface area (Å²) in [5, 5.41) is 7.91. The molecule has 300 valence electrons. The second-order valence-corrected chi connectivity index (χ2v) is 17.8. The summed E-state index contributed by atoms with van der Waals surface area (Å²) >= 11 is 0. The Hall–Kier alpha value is -7.42. The maximum absolute atomic E-state index is 2.55. The first-order valence-corrected chi connectivity index (χ1v) is 22.7. The van der Waals surface area contributed by atoms with Crippen LogP contribution in [0.4, 0.5) is 22.7 Å². The van der Waals surface area contributed by atoms with E-state index in [2.05, 4.69) is 216 Å². The average Bonchev–Trinajstić information content (AvgIpc) is 3.65. The van der Waals surface area contributed by atoms with E-state index in [4.69, 9.17) is 0 Å². The van der Waals surface area contributed by atoms with Crippen molar-refractivity contribution in [1.82, 2.24) is 0 Å². The minimum absolute atomic E-state index is 0.498. The van der Waals surface area contributed by atoms with Crippen molar-refractivity contribution in [3.05, 3.63) is 239 Å². The van der Waals surface area contributed by atoms with Crippen molar-refractivity contribution in [1.29, 1.82) is 0 Å². The van der Waals surface area contributed by atoms with Gasteiger partial charge in [-0.15, -0.1) is 0 Å². The molecule has 2 aliphatic heterocycles. The fraction of sp³-hybridized carbons (Fsp3) is 0.115. The monoisotopic (exact) mass is 806 g/mol. The number of aryl methyl sites for hydroxylation is 2. The predicted octanol–water partition coefficient (Wildman–Crippen LogP) is 15.3. The van der Waals surface area contributed by atoms with E-state index < -0.39 is 5.41 Å². The molecule has 2 heteroatoms. The van der Waals surface area contributed by atoms with Gasteiger partial charge in [0, 0.05) is 41.2 Å². The zero-order chi connectivity index (χ0) is 41.5. The smallest absolute Gasteiger partial charge is 0.0714 e. The first kappa shape index (κ1) is 36.3. The second-order valence-electron chi connectivity index (χ2n) is 17.8. The van der Waals surface area contributed by atoms with Crippen LogP contribution in [0.5, 0.6) is 0 Å². The van der Waals surface area contributed by atoms with E-state index in [1.54, 1.807) is 0 Å². The molecule has 0 fully saturated rings. The molecule has 0 saturated heterocycles. The highest BCUT2D eigenvalue weighted by Gasteiger charge is 2.46. The quantitative estimate of drug-likeness (QED) is 0.122. The van der Waals surface area contributed by atoms with Crippen molar-refractivity contribution in [3.63, 3.8) is 0 Å². The van der Waals surface area contributed by atoms with E-state index >= 15 is 0 Å². The van der Waals surface area contributed by atoms with Crippen LogP contribution in [0.3, 0.4) is 0 Å².